The molecule has 1 fully saturated rings. The largest absolute Gasteiger partial charge is 0.484 e. The monoisotopic (exact) mass is 310 g/mol. The first kappa shape index (κ1) is 15.5. The van der Waals surface area contributed by atoms with Crippen LogP contribution >= 0.6 is 0 Å². The number of carbonyl (C=O) groups excluding carboxylic acids is 1. The van der Waals surface area contributed by atoms with E-state index in [1.165, 1.54) is 19.3 Å². The molecule has 1 aromatic heterocycles. The Bertz CT molecular complexity index is 701. The Morgan fingerprint density at radius 2 is 1.78 bits per heavy atom. The summed E-state index contributed by atoms with van der Waals surface area (Å²) in [6.45, 7) is 0.00583. The summed E-state index contributed by atoms with van der Waals surface area (Å²) in [7, 11) is 0. The molecule has 1 aliphatic carbocycles. The van der Waals surface area contributed by atoms with Crippen molar-refractivity contribution in [3.8, 4) is 5.75 Å². The van der Waals surface area contributed by atoms with Gasteiger partial charge in [0, 0.05) is 6.20 Å². The molecule has 2 aromatic rings. The fourth-order valence-electron chi connectivity index (χ4n) is 2.88. The summed E-state index contributed by atoms with van der Waals surface area (Å²) in [6, 6.07) is 15.4. The number of para-hydroxylation sites is 1. The summed E-state index contributed by atoms with van der Waals surface area (Å²) in [5, 5.41) is 0. The molecule has 0 N–H and O–H groups in total. The van der Waals surface area contributed by atoms with E-state index in [0.717, 1.165) is 18.3 Å². The Morgan fingerprint density at radius 3 is 2.57 bits per heavy atom. The Morgan fingerprint density at radius 1 is 1.04 bits per heavy atom. The van der Waals surface area contributed by atoms with Crippen molar-refractivity contribution in [2.45, 2.75) is 38.1 Å². The van der Waals surface area contributed by atoms with Gasteiger partial charge in [-0.25, -0.2) is 0 Å². The summed E-state index contributed by atoms with van der Waals surface area (Å²) in [6.07, 6.45) is 7.74. The number of hydrogen-bond donors (Lipinski definition) is 0. The number of pyridine rings is 1. The maximum Gasteiger partial charge on any atom is 0.270 e. The van der Waals surface area contributed by atoms with Crippen molar-refractivity contribution in [3.63, 3.8) is 0 Å². The molecular formula is C19H22N2O2. The molecule has 3 rings (SSSR count). The quantitative estimate of drug-likeness (QED) is 0.868. The van der Waals surface area contributed by atoms with Crippen molar-refractivity contribution in [2.75, 3.05) is 6.61 Å². The highest BCUT2D eigenvalue weighted by atomic mass is 16.5. The predicted molar refractivity (Wildman–Crippen MR) is 89.4 cm³/mol. The summed E-state index contributed by atoms with van der Waals surface area (Å²) in [5.41, 5.74) is 0.723. The Hall–Kier alpha value is -2.36. The second-order valence-electron chi connectivity index (χ2n) is 5.85. The van der Waals surface area contributed by atoms with Gasteiger partial charge >= 0.3 is 0 Å². The first-order valence-corrected chi connectivity index (χ1v) is 8.25. The lowest BCUT2D eigenvalue weighted by molar-refractivity contribution is 0.0831. The number of ether oxygens (including phenoxy) is 1. The second-order valence-corrected chi connectivity index (χ2v) is 5.85. The normalized spacial score (nSPS) is 16.3. The van der Waals surface area contributed by atoms with Gasteiger partial charge in [-0.1, -0.05) is 43.5 Å². The second kappa shape index (κ2) is 7.77. The topological polar surface area (TPSA) is 43.6 Å². The van der Waals surface area contributed by atoms with E-state index in [4.69, 9.17) is 9.73 Å². The van der Waals surface area contributed by atoms with Gasteiger partial charge in [0.2, 0.25) is 0 Å². The smallest absolute Gasteiger partial charge is 0.270 e. The Kier molecular flexibility index (Phi) is 5.25. The number of aromatic nitrogens is 1. The van der Waals surface area contributed by atoms with Crippen LogP contribution in [0.15, 0.2) is 59.7 Å². The number of benzene rings is 1. The molecule has 4 nitrogen and oxygen atoms in total. The van der Waals surface area contributed by atoms with Gasteiger partial charge in [0.05, 0.1) is 6.04 Å². The van der Waals surface area contributed by atoms with Gasteiger partial charge in [0.15, 0.2) is 6.61 Å². The van der Waals surface area contributed by atoms with Crippen LogP contribution in [0.5, 0.6) is 5.75 Å². The Labute approximate surface area is 136 Å². The maximum atomic E-state index is 12.5. The van der Waals surface area contributed by atoms with Crippen LogP contribution in [0, 0.1) is 0 Å². The van der Waals surface area contributed by atoms with Gasteiger partial charge in [-0.15, -0.1) is 0 Å². The molecule has 0 amide bonds. The number of nitrogens with zero attached hydrogens (tertiary/aromatic N) is 2. The minimum absolute atomic E-state index is 0.00583. The molecular weight excluding hydrogens is 288 g/mol. The highest BCUT2D eigenvalue weighted by molar-refractivity contribution is 5.80. The molecule has 1 aromatic carbocycles. The van der Waals surface area contributed by atoms with Crippen LogP contribution in [0.25, 0.3) is 0 Å². The molecule has 120 valence electrons. The lowest BCUT2D eigenvalue weighted by Gasteiger charge is -2.17. The predicted octanol–water partition coefficient (Wildman–Crippen LogP) is 3.44. The van der Waals surface area contributed by atoms with Crippen LogP contribution in [0.3, 0.4) is 0 Å². The van der Waals surface area contributed by atoms with E-state index in [-0.39, 0.29) is 12.5 Å². The molecule has 0 spiro atoms. The molecule has 0 unspecified atom stereocenters. The summed E-state index contributed by atoms with van der Waals surface area (Å²) < 4.78 is 7.15. The van der Waals surface area contributed by atoms with Crippen molar-refractivity contribution in [2.24, 2.45) is 4.99 Å². The van der Waals surface area contributed by atoms with Crippen LogP contribution in [-0.4, -0.2) is 23.1 Å². The molecule has 0 saturated heterocycles. The zero-order chi connectivity index (χ0) is 15.9. The zero-order valence-electron chi connectivity index (χ0n) is 13.2. The number of rotatable bonds is 4. The molecule has 0 aliphatic heterocycles. The van der Waals surface area contributed by atoms with Gasteiger partial charge in [-0.05, 0) is 37.1 Å². The number of carbonyl (C=O) groups is 1. The molecule has 4 heteroatoms. The van der Waals surface area contributed by atoms with Crippen LogP contribution in [-0.2, 0) is 0 Å². The summed E-state index contributed by atoms with van der Waals surface area (Å²) >= 11 is 0. The SMILES string of the molecule is O=C(COc1ccccc1)n1ccccc1=NC1CCCCC1. The summed E-state index contributed by atoms with van der Waals surface area (Å²) in [5.74, 6) is 0.590. The third-order valence-corrected chi connectivity index (χ3v) is 4.10. The number of hydrogen-bond acceptors (Lipinski definition) is 3. The molecule has 23 heavy (non-hydrogen) atoms. The van der Waals surface area contributed by atoms with E-state index < -0.39 is 0 Å². The van der Waals surface area contributed by atoms with E-state index in [1.54, 1.807) is 10.8 Å². The van der Waals surface area contributed by atoms with Gasteiger partial charge in [0.25, 0.3) is 5.91 Å². The zero-order valence-corrected chi connectivity index (χ0v) is 13.2. The molecule has 0 radical (unpaired) electrons. The van der Waals surface area contributed by atoms with Gasteiger partial charge in [-0.3, -0.25) is 14.4 Å². The van der Waals surface area contributed by atoms with Crippen LogP contribution < -0.4 is 10.2 Å². The third kappa shape index (κ3) is 4.31. The first-order chi connectivity index (χ1) is 11.3. The standard InChI is InChI=1S/C19H22N2O2/c22-19(15-23-17-11-5-2-6-12-17)21-14-8-7-13-18(21)20-16-9-3-1-4-10-16/h2,5-8,11-14,16H,1,3-4,9-10,15H2. The minimum Gasteiger partial charge on any atom is -0.484 e. The molecule has 1 saturated carbocycles. The lowest BCUT2D eigenvalue weighted by atomic mass is 9.96. The third-order valence-electron chi connectivity index (χ3n) is 4.10. The highest BCUT2D eigenvalue weighted by Gasteiger charge is 2.13. The fraction of sp³-hybridized carbons (Fsp3) is 0.368. The average Bonchev–Trinajstić information content (AvgIpc) is 2.62. The molecule has 1 aliphatic rings. The lowest BCUT2D eigenvalue weighted by Crippen LogP contribution is -2.31. The molecule has 0 atom stereocenters. The Balaban J connectivity index is 1.74. The van der Waals surface area contributed by atoms with E-state index in [9.17, 15) is 4.79 Å². The average molecular weight is 310 g/mol. The first-order valence-electron chi connectivity index (χ1n) is 8.25. The van der Waals surface area contributed by atoms with Crippen LogP contribution in [0.4, 0.5) is 0 Å². The van der Waals surface area contributed by atoms with E-state index in [0.29, 0.717) is 11.8 Å². The maximum absolute atomic E-state index is 12.5. The van der Waals surface area contributed by atoms with Gasteiger partial charge < -0.3 is 4.74 Å². The van der Waals surface area contributed by atoms with E-state index in [2.05, 4.69) is 0 Å². The van der Waals surface area contributed by atoms with Crippen LogP contribution in [0.2, 0.25) is 0 Å². The summed E-state index contributed by atoms with van der Waals surface area (Å²) in [4.78, 5) is 17.2. The van der Waals surface area contributed by atoms with Crippen LogP contribution in [0.1, 0.15) is 36.9 Å². The van der Waals surface area contributed by atoms with Crippen molar-refractivity contribution in [1.29, 1.82) is 0 Å². The fourth-order valence-corrected chi connectivity index (χ4v) is 2.88. The highest BCUT2D eigenvalue weighted by Crippen LogP contribution is 2.19. The van der Waals surface area contributed by atoms with E-state index in [1.807, 2.05) is 48.5 Å². The molecule has 0 bridgehead atoms. The van der Waals surface area contributed by atoms with Gasteiger partial charge in [0.1, 0.15) is 11.2 Å². The van der Waals surface area contributed by atoms with Crippen molar-refractivity contribution in [1.82, 2.24) is 4.57 Å². The molecule has 1 heterocycles. The van der Waals surface area contributed by atoms with Crippen molar-refractivity contribution in [3.05, 3.63) is 60.2 Å². The van der Waals surface area contributed by atoms with E-state index >= 15 is 0 Å². The minimum atomic E-state index is -0.107. The van der Waals surface area contributed by atoms with Gasteiger partial charge in [-0.2, -0.15) is 0 Å². The van der Waals surface area contributed by atoms with Crippen molar-refractivity contribution >= 4 is 5.91 Å². The van der Waals surface area contributed by atoms with Crippen molar-refractivity contribution < 1.29 is 9.53 Å².